The molecule has 3 rings (SSSR count). The van der Waals surface area contributed by atoms with Crippen molar-refractivity contribution in [1.82, 2.24) is 9.80 Å². The topological polar surface area (TPSA) is 42.0 Å². The number of halogens is 1. The number of hydrogen-bond acceptors (Lipinski definition) is 4. The smallest absolute Gasteiger partial charge is 0.222 e. The first-order valence-corrected chi connectivity index (χ1v) is 9.93. The standard InChI is InChI=1S/C20H29ClN2O3/c1-25-17-9-8-15(19(21)20(17)26-2)14-23-11-4-3-6-16(23)10-13-22-12-5-7-18(22)24/h8-9,16H,3-7,10-14H2,1-2H3. The largest absolute Gasteiger partial charge is 0.493 e. The summed E-state index contributed by atoms with van der Waals surface area (Å²) in [6, 6.07) is 4.45. The van der Waals surface area contributed by atoms with E-state index in [9.17, 15) is 4.79 Å². The highest BCUT2D eigenvalue weighted by Crippen LogP contribution is 2.38. The lowest BCUT2D eigenvalue weighted by Gasteiger charge is -2.37. The summed E-state index contributed by atoms with van der Waals surface area (Å²) < 4.78 is 10.8. The van der Waals surface area contributed by atoms with Gasteiger partial charge >= 0.3 is 0 Å². The maximum absolute atomic E-state index is 11.9. The molecule has 1 unspecified atom stereocenters. The molecular weight excluding hydrogens is 352 g/mol. The molecule has 1 aromatic carbocycles. The minimum atomic E-state index is 0.315. The number of ether oxygens (including phenoxy) is 2. The van der Waals surface area contributed by atoms with Crippen molar-refractivity contribution >= 4 is 17.5 Å². The van der Waals surface area contributed by atoms with Crippen LogP contribution in [0.3, 0.4) is 0 Å². The molecule has 2 fully saturated rings. The van der Waals surface area contributed by atoms with Gasteiger partial charge in [-0.2, -0.15) is 0 Å². The van der Waals surface area contributed by atoms with E-state index in [0.717, 1.165) is 51.0 Å². The van der Waals surface area contributed by atoms with Crippen molar-refractivity contribution in [3.63, 3.8) is 0 Å². The molecule has 26 heavy (non-hydrogen) atoms. The number of piperidine rings is 1. The molecule has 144 valence electrons. The van der Waals surface area contributed by atoms with Crippen LogP contribution < -0.4 is 9.47 Å². The molecule has 0 N–H and O–H groups in total. The Hall–Kier alpha value is -1.46. The molecule has 5 nitrogen and oxygen atoms in total. The fraction of sp³-hybridized carbons (Fsp3) is 0.650. The van der Waals surface area contributed by atoms with Crippen LogP contribution in [-0.4, -0.2) is 55.6 Å². The van der Waals surface area contributed by atoms with Crippen molar-refractivity contribution in [2.45, 2.75) is 51.1 Å². The molecule has 0 aliphatic carbocycles. The fourth-order valence-corrected chi connectivity index (χ4v) is 4.40. The van der Waals surface area contributed by atoms with Gasteiger partial charge in [-0.25, -0.2) is 0 Å². The molecule has 2 aliphatic heterocycles. The summed E-state index contributed by atoms with van der Waals surface area (Å²) in [7, 11) is 3.23. The lowest BCUT2D eigenvalue weighted by Crippen LogP contribution is -2.41. The van der Waals surface area contributed by atoms with E-state index < -0.39 is 0 Å². The molecule has 2 aliphatic rings. The Balaban J connectivity index is 1.67. The summed E-state index contributed by atoms with van der Waals surface area (Å²) in [6.45, 7) is 3.67. The molecular formula is C20H29ClN2O3. The zero-order valence-electron chi connectivity index (χ0n) is 15.8. The van der Waals surface area contributed by atoms with Gasteiger partial charge in [-0.1, -0.05) is 24.1 Å². The maximum Gasteiger partial charge on any atom is 0.222 e. The average Bonchev–Trinajstić information content (AvgIpc) is 3.07. The van der Waals surface area contributed by atoms with Crippen LogP contribution in [0.15, 0.2) is 12.1 Å². The second-order valence-electron chi connectivity index (χ2n) is 7.17. The fourth-order valence-electron chi connectivity index (χ4n) is 4.11. The minimum absolute atomic E-state index is 0.315. The average molecular weight is 381 g/mol. The van der Waals surface area contributed by atoms with Gasteiger partial charge in [-0.15, -0.1) is 0 Å². The SMILES string of the molecule is COc1ccc(CN2CCCCC2CCN2CCCC2=O)c(Cl)c1OC. The highest BCUT2D eigenvalue weighted by Gasteiger charge is 2.26. The van der Waals surface area contributed by atoms with Gasteiger partial charge in [0.2, 0.25) is 5.91 Å². The number of carbonyl (C=O) groups is 1. The quantitative estimate of drug-likeness (QED) is 0.722. The summed E-state index contributed by atoms with van der Waals surface area (Å²) >= 11 is 6.58. The van der Waals surface area contributed by atoms with Gasteiger partial charge in [-0.3, -0.25) is 9.69 Å². The van der Waals surface area contributed by atoms with Crippen molar-refractivity contribution in [2.75, 3.05) is 33.9 Å². The first kappa shape index (κ1) is 19.3. The summed E-state index contributed by atoms with van der Waals surface area (Å²) in [6.07, 6.45) is 6.42. The Labute approximate surface area is 161 Å². The second-order valence-corrected chi connectivity index (χ2v) is 7.55. The first-order valence-electron chi connectivity index (χ1n) is 9.55. The van der Waals surface area contributed by atoms with Gasteiger partial charge in [0.25, 0.3) is 0 Å². The predicted molar refractivity (Wildman–Crippen MR) is 103 cm³/mol. The molecule has 0 spiro atoms. The third-order valence-corrected chi connectivity index (χ3v) is 6.01. The first-order chi connectivity index (χ1) is 12.6. The molecule has 0 radical (unpaired) electrons. The monoisotopic (exact) mass is 380 g/mol. The molecule has 1 aromatic rings. The second kappa shape index (κ2) is 8.96. The number of likely N-dealkylation sites (tertiary alicyclic amines) is 2. The number of carbonyl (C=O) groups excluding carboxylic acids is 1. The number of nitrogens with zero attached hydrogens (tertiary/aromatic N) is 2. The van der Waals surface area contributed by atoms with E-state index in [1.54, 1.807) is 14.2 Å². The van der Waals surface area contributed by atoms with Crippen LogP contribution >= 0.6 is 11.6 Å². The van der Waals surface area contributed by atoms with E-state index in [-0.39, 0.29) is 0 Å². The normalized spacial score (nSPS) is 21.3. The third-order valence-electron chi connectivity index (χ3n) is 5.59. The molecule has 0 saturated carbocycles. The maximum atomic E-state index is 11.9. The molecule has 0 aromatic heterocycles. The van der Waals surface area contributed by atoms with Crippen molar-refractivity contribution in [1.29, 1.82) is 0 Å². The van der Waals surface area contributed by atoms with E-state index in [4.69, 9.17) is 21.1 Å². The van der Waals surface area contributed by atoms with Crippen LogP contribution in [0.5, 0.6) is 11.5 Å². The van der Waals surface area contributed by atoms with Crippen molar-refractivity contribution in [3.05, 3.63) is 22.7 Å². The number of benzene rings is 1. The highest BCUT2D eigenvalue weighted by atomic mass is 35.5. The van der Waals surface area contributed by atoms with Gasteiger partial charge in [0.05, 0.1) is 19.2 Å². The zero-order valence-corrected chi connectivity index (χ0v) is 16.6. The van der Waals surface area contributed by atoms with Gasteiger partial charge in [0.15, 0.2) is 11.5 Å². The van der Waals surface area contributed by atoms with Crippen LogP contribution in [0.25, 0.3) is 0 Å². The van der Waals surface area contributed by atoms with Gasteiger partial charge in [0, 0.05) is 32.1 Å². The van der Waals surface area contributed by atoms with Crippen LogP contribution in [0.4, 0.5) is 0 Å². The number of amides is 1. The molecule has 1 atom stereocenters. The molecule has 2 saturated heterocycles. The Morgan fingerprint density at radius 1 is 1.15 bits per heavy atom. The Bertz CT molecular complexity index is 638. The minimum Gasteiger partial charge on any atom is -0.493 e. The lowest BCUT2D eigenvalue weighted by atomic mass is 9.98. The van der Waals surface area contributed by atoms with Crippen molar-refractivity contribution in [3.8, 4) is 11.5 Å². The summed E-state index contributed by atoms with van der Waals surface area (Å²) in [5.41, 5.74) is 1.06. The van der Waals surface area contributed by atoms with Crippen molar-refractivity contribution in [2.24, 2.45) is 0 Å². The summed E-state index contributed by atoms with van der Waals surface area (Å²) in [4.78, 5) is 16.4. The van der Waals surface area contributed by atoms with Crippen LogP contribution in [0.1, 0.15) is 44.1 Å². The van der Waals surface area contributed by atoms with Crippen molar-refractivity contribution < 1.29 is 14.3 Å². The van der Waals surface area contributed by atoms with Gasteiger partial charge in [-0.05, 0) is 43.9 Å². The molecule has 1 amide bonds. The Kier molecular flexibility index (Phi) is 6.65. The molecule has 2 heterocycles. The third kappa shape index (κ3) is 4.26. The Morgan fingerprint density at radius 3 is 2.69 bits per heavy atom. The van der Waals surface area contributed by atoms with Gasteiger partial charge in [0.1, 0.15) is 0 Å². The van der Waals surface area contributed by atoms with Gasteiger partial charge < -0.3 is 14.4 Å². The van der Waals surface area contributed by atoms with Crippen LogP contribution in [0.2, 0.25) is 5.02 Å². The van der Waals surface area contributed by atoms with E-state index in [2.05, 4.69) is 4.90 Å². The van der Waals surface area contributed by atoms with E-state index >= 15 is 0 Å². The van der Waals surface area contributed by atoms with Crippen LogP contribution in [0, 0.1) is 0 Å². The summed E-state index contributed by atoms with van der Waals surface area (Å²) in [5.74, 6) is 1.57. The lowest BCUT2D eigenvalue weighted by molar-refractivity contribution is -0.127. The van der Waals surface area contributed by atoms with Crippen LogP contribution in [-0.2, 0) is 11.3 Å². The van der Waals surface area contributed by atoms with E-state index in [0.29, 0.717) is 28.5 Å². The molecule has 0 bridgehead atoms. The number of methoxy groups -OCH3 is 2. The van der Waals surface area contributed by atoms with E-state index in [1.807, 2.05) is 17.0 Å². The Morgan fingerprint density at radius 2 is 2.00 bits per heavy atom. The van der Waals surface area contributed by atoms with E-state index in [1.165, 1.54) is 19.3 Å². The predicted octanol–water partition coefficient (Wildman–Crippen LogP) is 3.72. The highest BCUT2D eigenvalue weighted by molar-refractivity contribution is 6.33. The summed E-state index contributed by atoms with van der Waals surface area (Å²) in [5, 5.41) is 0.630. The zero-order chi connectivity index (χ0) is 18.5. The number of rotatable bonds is 7. The molecule has 6 heteroatoms. The number of hydrogen-bond donors (Lipinski definition) is 0.